The highest BCUT2D eigenvalue weighted by atomic mass is 79.9. The second-order valence-corrected chi connectivity index (χ2v) is 5.76. The Bertz CT molecular complexity index is 423. The molecular formula is C15H21BrFNO. The first-order valence-corrected chi connectivity index (χ1v) is 7.51. The average Bonchev–Trinajstić information content (AvgIpc) is 2.38. The number of nitrogens with two attached hydrogens (primary N) is 1. The van der Waals surface area contributed by atoms with Crippen molar-refractivity contribution in [1.82, 2.24) is 0 Å². The fraction of sp³-hybridized carbons (Fsp3) is 0.533. The van der Waals surface area contributed by atoms with E-state index in [9.17, 15) is 9.18 Å². The molecule has 0 amide bonds. The van der Waals surface area contributed by atoms with Crippen LogP contribution in [0.3, 0.4) is 0 Å². The number of carbonyl (C=O) groups excluding carboxylic acids is 1. The maximum Gasteiger partial charge on any atom is 0.137 e. The zero-order valence-corrected chi connectivity index (χ0v) is 12.9. The summed E-state index contributed by atoms with van der Waals surface area (Å²) in [5.41, 5.74) is 6.00. The smallest absolute Gasteiger partial charge is 0.137 e. The molecule has 0 saturated heterocycles. The van der Waals surface area contributed by atoms with Crippen molar-refractivity contribution in [2.24, 2.45) is 11.7 Å². The van der Waals surface area contributed by atoms with Crippen molar-refractivity contribution in [2.75, 3.05) is 6.54 Å². The van der Waals surface area contributed by atoms with E-state index in [1.54, 1.807) is 12.1 Å². The van der Waals surface area contributed by atoms with Crippen LogP contribution in [0.1, 0.15) is 38.2 Å². The summed E-state index contributed by atoms with van der Waals surface area (Å²) in [6.45, 7) is 2.77. The molecule has 4 heteroatoms. The van der Waals surface area contributed by atoms with Gasteiger partial charge in [0.05, 0.1) is 0 Å². The Labute approximate surface area is 122 Å². The van der Waals surface area contributed by atoms with Gasteiger partial charge in [0.1, 0.15) is 11.6 Å². The van der Waals surface area contributed by atoms with Crippen LogP contribution in [0.15, 0.2) is 22.7 Å². The summed E-state index contributed by atoms with van der Waals surface area (Å²) in [5.74, 6) is 0.275. The fourth-order valence-corrected chi connectivity index (χ4v) is 2.45. The lowest BCUT2D eigenvalue weighted by atomic mass is 9.94. The van der Waals surface area contributed by atoms with E-state index in [-0.39, 0.29) is 18.0 Å². The van der Waals surface area contributed by atoms with Crippen LogP contribution >= 0.6 is 15.9 Å². The van der Waals surface area contributed by atoms with E-state index in [1.165, 1.54) is 6.07 Å². The molecule has 0 spiro atoms. The third-order valence-electron chi connectivity index (χ3n) is 3.39. The lowest BCUT2D eigenvalue weighted by molar-refractivity contribution is -0.118. The molecule has 106 valence electrons. The number of carbonyl (C=O) groups is 1. The van der Waals surface area contributed by atoms with Crippen molar-refractivity contribution in [3.63, 3.8) is 0 Å². The van der Waals surface area contributed by atoms with Gasteiger partial charge < -0.3 is 5.73 Å². The number of benzene rings is 1. The lowest BCUT2D eigenvalue weighted by Crippen LogP contribution is -2.11. The van der Waals surface area contributed by atoms with Crippen LogP contribution in [-0.2, 0) is 11.2 Å². The Morgan fingerprint density at radius 2 is 2.16 bits per heavy atom. The number of ketones is 1. The second-order valence-electron chi connectivity index (χ2n) is 4.84. The monoisotopic (exact) mass is 329 g/mol. The minimum atomic E-state index is -0.322. The molecule has 0 bridgehead atoms. The molecule has 1 rings (SSSR count). The highest BCUT2D eigenvalue weighted by molar-refractivity contribution is 9.10. The molecular weight excluding hydrogens is 309 g/mol. The number of rotatable bonds is 8. The predicted octanol–water partition coefficient (Wildman–Crippen LogP) is 3.86. The summed E-state index contributed by atoms with van der Waals surface area (Å²) in [6.07, 6.45) is 3.53. The number of hydrogen-bond acceptors (Lipinski definition) is 2. The summed E-state index contributed by atoms with van der Waals surface area (Å²) >= 11 is 3.20. The van der Waals surface area contributed by atoms with Crippen LogP contribution < -0.4 is 5.73 Å². The Morgan fingerprint density at radius 3 is 2.74 bits per heavy atom. The van der Waals surface area contributed by atoms with Crippen LogP contribution in [0.4, 0.5) is 4.39 Å². The normalized spacial score (nSPS) is 12.4. The van der Waals surface area contributed by atoms with Gasteiger partial charge in [-0.3, -0.25) is 4.79 Å². The quantitative estimate of drug-likeness (QED) is 0.787. The van der Waals surface area contributed by atoms with Gasteiger partial charge in [0.15, 0.2) is 0 Å². The molecule has 1 aromatic rings. The van der Waals surface area contributed by atoms with Crippen LogP contribution in [-0.4, -0.2) is 12.3 Å². The zero-order valence-electron chi connectivity index (χ0n) is 11.3. The van der Waals surface area contributed by atoms with Gasteiger partial charge in [-0.15, -0.1) is 0 Å². The summed E-state index contributed by atoms with van der Waals surface area (Å²) in [7, 11) is 0. The number of hydrogen-bond donors (Lipinski definition) is 1. The van der Waals surface area contributed by atoms with E-state index in [0.29, 0.717) is 28.9 Å². The van der Waals surface area contributed by atoms with Crippen LogP contribution in [0.25, 0.3) is 0 Å². The molecule has 0 heterocycles. The van der Waals surface area contributed by atoms with Crippen LogP contribution in [0, 0.1) is 11.7 Å². The first-order chi connectivity index (χ1) is 9.06. The van der Waals surface area contributed by atoms with Crippen molar-refractivity contribution in [1.29, 1.82) is 0 Å². The van der Waals surface area contributed by atoms with Gasteiger partial charge >= 0.3 is 0 Å². The first-order valence-electron chi connectivity index (χ1n) is 6.72. The van der Waals surface area contributed by atoms with Gasteiger partial charge in [0.25, 0.3) is 0 Å². The highest BCUT2D eigenvalue weighted by Crippen LogP contribution is 2.18. The van der Waals surface area contributed by atoms with Crippen molar-refractivity contribution in [3.8, 4) is 0 Å². The molecule has 0 aromatic heterocycles. The molecule has 0 saturated carbocycles. The van der Waals surface area contributed by atoms with E-state index >= 15 is 0 Å². The Kier molecular flexibility index (Phi) is 7.24. The maximum atomic E-state index is 13.6. The molecule has 2 nitrogen and oxygen atoms in total. The van der Waals surface area contributed by atoms with Crippen molar-refractivity contribution in [3.05, 3.63) is 34.1 Å². The third-order valence-corrected chi connectivity index (χ3v) is 3.88. The van der Waals surface area contributed by atoms with Crippen LogP contribution in [0.5, 0.6) is 0 Å². The number of halogens is 2. The third kappa shape index (κ3) is 5.83. The second kappa shape index (κ2) is 8.43. The van der Waals surface area contributed by atoms with Crippen molar-refractivity contribution >= 4 is 21.7 Å². The van der Waals surface area contributed by atoms with Gasteiger partial charge in [0.2, 0.25) is 0 Å². The topological polar surface area (TPSA) is 43.1 Å². The highest BCUT2D eigenvalue weighted by Gasteiger charge is 2.12. The minimum Gasteiger partial charge on any atom is -0.330 e. The first kappa shape index (κ1) is 16.3. The molecule has 19 heavy (non-hydrogen) atoms. The summed E-state index contributed by atoms with van der Waals surface area (Å²) in [5, 5.41) is 0. The summed E-state index contributed by atoms with van der Waals surface area (Å²) < 4.78 is 14.3. The molecule has 0 aliphatic rings. The molecule has 0 aliphatic heterocycles. The van der Waals surface area contributed by atoms with E-state index < -0.39 is 0 Å². The Balaban J connectivity index is 2.46. The molecule has 0 radical (unpaired) electrons. The molecule has 1 atom stereocenters. The van der Waals surface area contributed by atoms with E-state index in [4.69, 9.17) is 5.73 Å². The summed E-state index contributed by atoms with van der Waals surface area (Å²) in [4.78, 5) is 11.9. The number of Topliss-reactive ketones (excluding diaryl/α,β-unsaturated/α-hetero) is 1. The maximum absolute atomic E-state index is 13.6. The van der Waals surface area contributed by atoms with Gasteiger partial charge in [-0.25, -0.2) is 4.39 Å². The zero-order chi connectivity index (χ0) is 14.3. The molecule has 2 N–H and O–H groups in total. The molecule has 1 unspecified atom stereocenters. The van der Waals surface area contributed by atoms with E-state index in [2.05, 4.69) is 22.9 Å². The largest absolute Gasteiger partial charge is 0.330 e. The lowest BCUT2D eigenvalue weighted by Gasteiger charge is -2.12. The van der Waals surface area contributed by atoms with Gasteiger partial charge in [-0.1, -0.05) is 35.3 Å². The predicted molar refractivity (Wildman–Crippen MR) is 79.5 cm³/mol. The van der Waals surface area contributed by atoms with Crippen molar-refractivity contribution in [2.45, 2.75) is 39.0 Å². The summed E-state index contributed by atoms with van der Waals surface area (Å²) in [6, 6.07) is 4.81. The standard InChI is InChI=1S/C15H21BrFNO/c1-2-11(7-8-18)3-6-14(19)9-12-4-5-13(16)10-15(12)17/h4-5,10-11H,2-3,6-9,18H2,1H3. The SMILES string of the molecule is CCC(CCN)CCC(=O)Cc1ccc(Br)cc1F. The van der Waals surface area contributed by atoms with E-state index in [0.717, 1.165) is 19.3 Å². The van der Waals surface area contributed by atoms with Gasteiger partial charge in [-0.2, -0.15) is 0 Å². The van der Waals surface area contributed by atoms with Gasteiger partial charge in [0, 0.05) is 17.3 Å². The molecule has 0 aliphatic carbocycles. The molecule has 1 aromatic carbocycles. The fourth-order valence-electron chi connectivity index (χ4n) is 2.12. The van der Waals surface area contributed by atoms with Crippen molar-refractivity contribution < 1.29 is 9.18 Å². The average molecular weight is 330 g/mol. The van der Waals surface area contributed by atoms with Gasteiger partial charge in [-0.05, 0) is 43.0 Å². The Hall–Kier alpha value is -0.740. The van der Waals surface area contributed by atoms with E-state index in [1.807, 2.05) is 0 Å². The Morgan fingerprint density at radius 1 is 1.42 bits per heavy atom. The minimum absolute atomic E-state index is 0.0942. The van der Waals surface area contributed by atoms with Crippen LogP contribution in [0.2, 0.25) is 0 Å². The molecule has 0 fully saturated rings.